The van der Waals surface area contributed by atoms with Gasteiger partial charge in [0, 0.05) is 30.4 Å². The molecule has 6 rings (SSSR count). The number of hydrogen-bond acceptors (Lipinski definition) is 5. The fraction of sp³-hybridized carbons (Fsp3) is 0.429. The molecule has 7 heteroatoms. The van der Waals surface area contributed by atoms with Crippen molar-refractivity contribution in [1.82, 2.24) is 19.6 Å². The number of nitrogens with zero attached hydrogens (tertiary/aromatic N) is 3. The molecule has 1 aliphatic heterocycles. The molecule has 4 aromatic rings. The van der Waals surface area contributed by atoms with Crippen LogP contribution in [0.25, 0.3) is 26.4 Å². The van der Waals surface area contributed by atoms with Crippen LogP contribution in [0.4, 0.5) is 0 Å². The summed E-state index contributed by atoms with van der Waals surface area (Å²) in [6.07, 6.45) is 9.59. The molecule has 35 heavy (non-hydrogen) atoms. The second-order valence-corrected chi connectivity index (χ2v) is 11.0. The molecule has 6 nitrogen and oxygen atoms in total. The van der Waals surface area contributed by atoms with E-state index in [1.165, 1.54) is 61.9 Å². The van der Waals surface area contributed by atoms with Gasteiger partial charge in [0.1, 0.15) is 0 Å². The number of piperidine rings is 1. The van der Waals surface area contributed by atoms with E-state index in [9.17, 15) is 4.79 Å². The predicted molar refractivity (Wildman–Crippen MR) is 143 cm³/mol. The summed E-state index contributed by atoms with van der Waals surface area (Å²) in [4.78, 5) is 21.2. The van der Waals surface area contributed by atoms with E-state index in [0.717, 1.165) is 40.4 Å². The summed E-state index contributed by atoms with van der Waals surface area (Å²) in [7, 11) is 0. The second-order valence-electron chi connectivity index (χ2n) is 9.98. The summed E-state index contributed by atoms with van der Waals surface area (Å²) in [5.74, 6) is 0.639. The molecular weight excluding hydrogens is 454 g/mol. The number of rotatable bonds is 8. The highest BCUT2D eigenvalue weighted by Crippen LogP contribution is 2.45. The van der Waals surface area contributed by atoms with Crippen molar-refractivity contribution in [3.05, 3.63) is 59.3 Å². The van der Waals surface area contributed by atoms with Gasteiger partial charge in [0.15, 0.2) is 4.96 Å². The Morgan fingerprint density at radius 2 is 1.97 bits per heavy atom. The maximum Gasteiger partial charge on any atom is 0.251 e. The summed E-state index contributed by atoms with van der Waals surface area (Å²) in [5.41, 5.74) is 12.5. The first-order chi connectivity index (χ1) is 17.2. The van der Waals surface area contributed by atoms with Crippen LogP contribution >= 0.6 is 11.3 Å². The van der Waals surface area contributed by atoms with Gasteiger partial charge in [0.25, 0.3) is 5.91 Å². The van der Waals surface area contributed by atoms with Gasteiger partial charge in [-0.3, -0.25) is 9.20 Å². The number of hydrogen-bond donors (Lipinski definition) is 2. The molecule has 1 saturated heterocycles. The van der Waals surface area contributed by atoms with Gasteiger partial charge in [-0.25, -0.2) is 4.98 Å². The topological polar surface area (TPSA) is 75.7 Å². The molecule has 3 N–H and O–H groups in total. The number of benzene rings is 2. The number of nitrogens with two attached hydrogens (primary N) is 1. The summed E-state index contributed by atoms with van der Waals surface area (Å²) in [6.45, 7) is 4.76. The zero-order valence-corrected chi connectivity index (χ0v) is 20.9. The number of thiazole rings is 1. The van der Waals surface area contributed by atoms with Crippen LogP contribution in [0.5, 0.6) is 0 Å². The lowest BCUT2D eigenvalue weighted by Gasteiger charge is -2.26. The van der Waals surface area contributed by atoms with Gasteiger partial charge < -0.3 is 16.0 Å². The Hall–Kier alpha value is -2.74. The zero-order chi connectivity index (χ0) is 23.8. The van der Waals surface area contributed by atoms with Crippen molar-refractivity contribution < 1.29 is 4.79 Å². The van der Waals surface area contributed by atoms with E-state index in [1.54, 1.807) is 11.3 Å². The van der Waals surface area contributed by atoms with Gasteiger partial charge in [0.2, 0.25) is 0 Å². The van der Waals surface area contributed by atoms with Crippen LogP contribution < -0.4 is 11.1 Å². The molecular formula is C28H33N5OS. The van der Waals surface area contributed by atoms with E-state index < -0.39 is 0 Å². The largest absolute Gasteiger partial charge is 0.352 e. The Kier molecular flexibility index (Phi) is 6.31. The molecule has 2 aromatic heterocycles. The third-order valence-electron chi connectivity index (χ3n) is 7.39. The summed E-state index contributed by atoms with van der Waals surface area (Å²) < 4.78 is 3.24. The number of fused-ring (bicyclic) bond motifs is 3. The zero-order valence-electron chi connectivity index (χ0n) is 20.1. The predicted octanol–water partition coefficient (Wildman–Crippen LogP) is 5.16. The molecule has 2 aromatic carbocycles. The van der Waals surface area contributed by atoms with Gasteiger partial charge in [0.05, 0.1) is 15.9 Å². The van der Waals surface area contributed by atoms with Crippen LogP contribution in [-0.4, -0.2) is 46.4 Å². The fourth-order valence-electron chi connectivity index (χ4n) is 5.27. The molecule has 2 aliphatic rings. The lowest BCUT2D eigenvalue weighted by molar-refractivity contribution is 0.0951. The smallest absolute Gasteiger partial charge is 0.251 e. The summed E-state index contributed by atoms with van der Waals surface area (Å²) >= 11 is 1.64. The van der Waals surface area contributed by atoms with Crippen molar-refractivity contribution in [1.29, 1.82) is 0 Å². The molecule has 1 saturated carbocycles. The molecule has 1 amide bonds. The van der Waals surface area contributed by atoms with Gasteiger partial charge >= 0.3 is 0 Å². The first-order valence-corrected chi connectivity index (χ1v) is 13.8. The number of aromatic nitrogens is 2. The molecule has 3 heterocycles. The number of amides is 1. The van der Waals surface area contributed by atoms with E-state index in [2.05, 4.69) is 39.0 Å². The first-order valence-electron chi connectivity index (χ1n) is 12.9. The molecule has 2 fully saturated rings. The van der Waals surface area contributed by atoms with E-state index in [4.69, 9.17) is 10.7 Å². The Labute approximate surface area is 210 Å². The minimum Gasteiger partial charge on any atom is -0.352 e. The molecule has 0 bridgehead atoms. The number of nitrogens with one attached hydrogen (secondary N) is 1. The third kappa shape index (κ3) is 4.73. The summed E-state index contributed by atoms with van der Waals surface area (Å²) in [6, 6.07) is 12.5. The molecule has 0 spiro atoms. The lowest BCUT2D eigenvalue weighted by atomic mass is 9.98. The van der Waals surface area contributed by atoms with Gasteiger partial charge in [-0.15, -0.1) is 0 Å². The quantitative estimate of drug-likeness (QED) is 0.337. The van der Waals surface area contributed by atoms with Crippen LogP contribution in [0.2, 0.25) is 0 Å². The van der Waals surface area contributed by atoms with E-state index in [-0.39, 0.29) is 5.91 Å². The van der Waals surface area contributed by atoms with Crippen molar-refractivity contribution in [3.63, 3.8) is 0 Å². The minimum absolute atomic E-state index is 0.00587. The van der Waals surface area contributed by atoms with Crippen LogP contribution in [0.1, 0.15) is 65.9 Å². The molecule has 0 atom stereocenters. The average Bonchev–Trinajstić information content (AvgIpc) is 3.58. The first kappa shape index (κ1) is 22.7. The molecule has 0 radical (unpaired) electrons. The summed E-state index contributed by atoms with van der Waals surface area (Å²) in [5, 5.41) is 3.10. The minimum atomic E-state index is 0.00587. The van der Waals surface area contributed by atoms with Crippen LogP contribution in [0.15, 0.2) is 42.6 Å². The van der Waals surface area contributed by atoms with Gasteiger partial charge in [-0.1, -0.05) is 36.0 Å². The third-order valence-corrected chi connectivity index (χ3v) is 8.40. The Morgan fingerprint density at radius 1 is 1.11 bits per heavy atom. The Balaban J connectivity index is 1.17. The Bertz CT molecular complexity index is 1360. The molecule has 182 valence electrons. The van der Waals surface area contributed by atoms with E-state index in [1.807, 2.05) is 18.2 Å². The van der Waals surface area contributed by atoms with E-state index in [0.29, 0.717) is 18.0 Å². The number of carbonyl (C=O) groups excluding carboxylic acids is 1. The van der Waals surface area contributed by atoms with Crippen molar-refractivity contribution in [2.45, 2.75) is 51.0 Å². The Morgan fingerprint density at radius 3 is 2.77 bits per heavy atom. The SMILES string of the molecule is NCc1ccc(-c2cn3c(n2)sc2cc(C(=O)NCCCN4CCCCC4)ccc23)c(C2CC2)c1. The van der Waals surface area contributed by atoms with Crippen LogP contribution in [0, 0.1) is 0 Å². The van der Waals surface area contributed by atoms with Crippen LogP contribution in [-0.2, 0) is 6.54 Å². The monoisotopic (exact) mass is 487 g/mol. The standard InChI is InChI=1S/C28H33N5OS/c29-17-19-5-9-22(23(15-19)20-6-7-20)24-18-33-25-10-8-21(16-26(25)35-28(33)31-24)27(34)30-11-4-14-32-12-2-1-3-13-32/h5,8-10,15-16,18,20H,1-4,6-7,11-14,17,29H2,(H,30,34). The maximum atomic E-state index is 12.7. The maximum absolute atomic E-state index is 12.7. The van der Waals surface area contributed by atoms with Crippen molar-refractivity contribution in [2.24, 2.45) is 5.73 Å². The number of likely N-dealkylation sites (tertiary alicyclic amines) is 1. The molecule has 1 aliphatic carbocycles. The second kappa shape index (κ2) is 9.72. The average molecular weight is 488 g/mol. The normalized spacial score (nSPS) is 16.8. The van der Waals surface area contributed by atoms with Crippen molar-refractivity contribution >= 4 is 32.4 Å². The van der Waals surface area contributed by atoms with Gasteiger partial charge in [-0.2, -0.15) is 0 Å². The van der Waals surface area contributed by atoms with Crippen molar-refractivity contribution in [3.8, 4) is 11.3 Å². The highest BCUT2D eigenvalue weighted by molar-refractivity contribution is 7.23. The van der Waals surface area contributed by atoms with E-state index >= 15 is 0 Å². The fourth-order valence-corrected chi connectivity index (χ4v) is 6.31. The highest BCUT2D eigenvalue weighted by atomic mass is 32.1. The van der Waals surface area contributed by atoms with Gasteiger partial charge in [-0.05, 0) is 87.0 Å². The number of carbonyl (C=O) groups is 1. The van der Waals surface area contributed by atoms with Crippen molar-refractivity contribution in [2.75, 3.05) is 26.2 Å². The lowest BCUT2D eigenvalue weighted by Crippen LogP contribution is -2.33. The molecule has 0 unspecified atom stereocenters. The highest BCUT2D eigenvalue weighted by Gasteiger charge is 2.27. The van der Waals surface area contributed by atoms with Crippen LogP contribution in [0.3, 0.4) is 0 Å². The number of imidazole rings is 1.